The molecule has 0 unspecified atom stereocenters. The molecular formula is C15H29N3O3. The summed E-state index contributed by atoms with van der Waals surface area (Å²) in [5.41, 5.74) is -0.784. The summed E-state index contributed by atoms with van der Waals surface area (Å²) in [4.78, 5) is 25.2. The quantitative estimate of drug-likeness (QED) is 0.623. The van der Waals surface area contributed by atoms with Gasteiger partial charge in [-0.3, -0.25) is 4.79 Å². The average Bonchev–Trinajstić information content (AvgIpc) is 2.46. The predicted molar refractivity (Wildman–Crippen MR) is 82.3 cm³/mol. The zero-order valence-electron chi connectivity index (χ0n) is 13.4. The minimum atomic E-state index is -0.785. The van der Waals surface area contributed by atoms with E-state index in [1.54, 1.807) is 11.9 Å². The maximum atomic E-state index is 12.0. The molecule has 3 N–H and O–H groups in total. The number of carboxylic acid groups (broad SMARTS) is 1. The summed E-state index contributed by atoms with van der Waals surface area (Å²) in [5.74, 6) is -0.204. The van der Waals surface area contributed by atoms with Crippen molar-refractivity contribution in [3.63, 3.8) is 0 Å². The minimum Gasteiger partial charge on any atom is -0.481 e. The van der Waals surface area contributed by atoms with Crippen molar-refractivity contribution < 1.29 is 14.7 Å². The van der Waals surface area contributed by atoms with Gasteiger partial charge >= 0.3 is 12.0 Å². The van der Waals surface area contributed by atoms with E-state index in [0.29, 0.717) is 25.3 Å². The van der Waals surface area contributed by atoms with Crippen molar-refractivity contribution in [2.24, 2.45) is 11.3 Å². The molecule has 1 aliphatic carbocycles. The average molecular weight is 299 g/mol. The van der Waals surface area contributed by atoms with Crippen molar-refractivity contribution in [2.45, 2.75) is 39.0 Å². The molecule has 122 valence electrons. The summed E-state index contributed by atoms with van der Waals surface area (Å²) < 4.78 is 0. The number of carbonyl (C=O) groups excluding carboxylic acids is 1. The van der Waals surface area contributed by atoms with Crippen molar-refractivity contribution in [3.8, 4) is 0 Å². The zero-order chi connectivity index (χ0) is 15.9. The van der Waals surface area contributed by atoms with Gasteiger partial charge in [-0.2, -0.15) is 0 Å². The molecule has 1 rings (SSSR count). The van der Waals surface area contributed by atoms with Crippen LogP contribution in [-0.4, -0.2) is 55.7 Å². The first kappa shape index (κ1) is 17.8. The first-order valence-electron chi connectivity index (χ1n) is 7.78. The molecule has 1 saturated carbocycles. The molecule has 0 aromatic heterocycles. The monoisotopic (exact) mass is 299 g/mol. The summed E-state index contributed by atoms with van der Waals surface area (Å²) in [7, 11) is 3.61. The van der Waals surface area contributed by atoms with Crippen LogP contribution in [0.1, 0.15) is 39.0 Å². The fourth-order valence-corrected chi connectivity index (χ4v) is 2.76. The van der Waals surface area contributed by atoms with E-state index in [9.17, 15) is 14.7 Å². The molecule has 0 saturated heterocycles. The topological polar surface area (TPSA) is 81.7 Å². The van der Waals surface area contributed by atoms with Crippen LogP contribution in [0.15, 0.2) is 0 Å². The number of rotatable bonds is 7. The van der Waals surface area contributed by atoms with Gasteiger partial charge in [-0.1, -0.05) is 6.92 Å². The summed E-state index contributed by atoms with van der Waals surface area (Å²) in [6.07, 6.45) is 4.00. The highest BCUT2D eigenvalue weighted by Crippen LogP contribution is 2.38. The number of nitrogens with zero attached hydrogens (tertiary/aromatic N) is 1. The molecule has 1 aliphatic rings. The third kappa shape index (κ3) is 5.19. The third-order valence-corrected chi connectivity index (χ3v) is 4.53. The van der Waals surface area contributed by atoms with E-state index in [1.807, 2.05) is 7.05 Å². The van der Waals surface area contributed by atoms with Crippen LogP contribution in [0.3, 0.4) is 0 Å². The van der Waals surface area contributed by atoms with Crippen molar-refractivity contribution in [3.05, 3.63) is 0 Å². The van der Waals surface area contributed by atoms with Crippen molar-refractivity contribution >= 4 is 12.0 Å². The molecule has 0 aromatic rings. The highest BCUT2D eigenvalue weighted by Gasteiger charge is 2.41. The maximum Gasteiger partial charge on any atom is 0.317 e. The SMILES string of the molecule is CNCCCN(C)C(=O)NCC1(C(=O)O)CCC(C)CC1. The molecule has 6 heteroatoms. The Hall–Kier alpha value is -1.30. The smallest absolute Gasteiger partial charge is 0.317 e. The number of urea groups is 1. The van der Waals surface area contributed by atoms with Crippen molar-refractivity contribution in [1.82, 2.24) is 15.5 Å². The predicted octanol–water partition coefficient (Wildman–Crippen LogP) is 1.52. The highest BCUT2D eigenvalue weighted by atomic mass is 16.4. The van der Waals surface area contributed by atoms with Crippen LogP contribution in [-0.2, 0) is 4.79 Å². The Kier molecular flexibility index (Phi) is 6.95. The number of amides is 2. The standard InChI is InChI=1S/C15H29N3O3/c1-12-5-7-15(8-6-12,13(19)20)11-17-14(21)18(3)10-4-9-16-2/h12,16H,4-11H2,1-3H3,(H,17,21)(H,19,20). The van der Waals surface area contributed by atoms with E-state index in [1.165, 1.54) is 0 Å². The first-order chi connectivity index (χ1) is 9.91. The first-order valence-corrected chi connectivity index (χ1v) is 7.78. The van der Waals surface area contributed by atoms with Gasteiger partial charge in [0.2, 0.25) is 0 Å². The molecular weight excluding hydrogens is 270 g/mol. The molecule has 2 amide bonds. The lowest BCUT2D eigenvalue weighted by atomic mass is 9.71. The molecule has 0 heterocycles. The van der Waals surface area contributed by atoms with Gasteiger partial charge in [0, 0.05) is 20.1 Å². The number of hydrogen-bond donors (Lipinski definition) is 3. The number of carboxylic acids is 1. The summed E-state index contributed by atoms with van der Waals surface area (Å²) >= 11 is 0. The molecule has 0 radical (unpaired) electrons. The number of hydrogen-bond acceptors (Lipinski definition) is 3. The maximum absolute atomic E-state index is 12.0. The van der Waals surface area contributed by atoms with Crippen LogP contribution >= 0.6 is 0 Å². The van der Waals surface area contributed by atoms with Gasteiger partial charge in [-0.25, -0.2) is 4.79 Å². The Morgan fingerprint density at radius 1 is 1.33 bits per heavy atom. The van der Waals surface area contributed by atoms with Crippen molar-refractivity contribution in [1.29, 1.82) is 0 Å². The Morgan fingerprint density at radius 2 is 1.95 bits per heavy atom. The van der Waals surface area contributed by atoms with Crippen LogP contribution in [0.5, 0.6) is 0 Å². The fourth-order valence-electron chi connectivity index (χ4n) is 2.76. The van der Waals surface area contributed by atoms with E-state index >= 15 is 0 Å². The molecule has 0 atom stereocenters. The second-order valence-electron chi connectivity index (χ2n) is 6.31. The zero-order valence-corrected chi connectivity index (χ0v) is 13.4. The Balaban J connectivity index is 2.46. The lowest BCUT2D eigenvalue weighted by Gasteiger charge is -2.36. The Morgan fingerprint density at radius 3 is 2.48 bits per heavy atom. The molecule has 21 heavy (non-hydrogen) atoms. The second-order valence-corrected chi connectivity index (χ2v) is 6.31. The lowest BCUT2D eigenvalue weighted by molar-refractivity contribution is -0.151. The van der Waals surface area contributed by atoms with Gasteiger partial charge in [0.05, 0.1) is 5.41 Å². The van der Waals surface area contributed by atoms with Gasteiger partial charge in [-0.05, 0) is 51.6 Å². The van der Waals surface area contributed by atoms with E-state index in [0.717, 1.165) is 25.8 Å². The van der Waals surface area contributed by atoms with Gasteiger partial charge in [-0.15, -0.1) is 0 Å². The van der Waals surface area contributed by atoms with Crippen LogP contribution in [0.2, 0.25) is 0 Å². The van der Waals surface area contributed by atoms with Crippen LogP contribution in [0.4, 0.5) is 4.79 Å². The summed E-state index contributed by atoms with van der Waals surface area (Å²) in [6.45, 7) is 3.89. The molecule has 0 aliphatic heterocycles. The largest absolute Gasteiger partial charge is 0.481 e. The number of aliphatic carboxylic acids is 1. The number of nitrogens with one attached hydrogen (secondary N) is 2. The fraction of sp³-hybridized carbons (Fsp3) is 0.867. The van der Waals surface area contributed by atoms with Gasteiger partial charge < -0.3 is 20.6 Å². The molecule has 0 bridgehead atoms. The van der Waals surface area contributed by atoms with Crippen LogP contribution < -0.4 is 10.6 Å². The minimum absolute atomic E-state index is 0.189. The third-order valence-electron chi connectivity index (χ3n) is 4.53. The van der Waals surface area contributed by atoms with Gasteiger partial charge in [0.1, 0.15) is 0 Å². The second kappa shape index (κ2) is 8.22. The molecule has 0 aromatic carbocycles. The molecule has 6 nitrogen and oxygen atoms in total. The van der Waals surface area contributed by atoms with Crippen LogP contribution in [0, 0.1) is 11.3 Å². The lowest BCUT2D eigenvalue weighted by Crippen LogP contribution is -2.48. The van der Waals surface area contributed by atoms with E-state index in [4.69, 9.17) is 0 Å². The number of carbonyl (C=O) groups is 2. The molecule has 1 fully saturated rings. The normalized spacial score (nSPS) is 25.4. The van der Waals surface area contributed by atoms with Crippen molar-refractivity contribution in [2.75, 3.05) is 33.7 Å². The van der Waals surface area contributed by atoms with Gasteiger partial charge in [0.15, 0.2) is 0 Å². The van der Waals surface area contributed by atoms with E-state index < -0.39 is 11.4 Å². The molecule has 0 spiro atoms. The van der Waals surface area contributed by atoms with Gasteiger partial charge in [0.25, 0.3) is 0 Å². The van der Waals surface area contributed by atoms with E-state index in [2.05, 4.69) is 17.6 Å². The summed E-state index contributed by atoms with van der Waals surface area (Å²) in [5, 5.41) is 15.4. The highest BCUT2D eigenvalue weighted by molar-refractivity contribution is 5.78. The van der Waals surface area contributed by atoms with E-state index in [-0.39, 0.29) is 12.6 Å². The van der Waals surface area contributed by atoms with Crippen LogP contribution in [0.25, 0.3) is 0 Å². The Labute approximate surface area is 127 Å². The summed E-state index contributed by atoms with van der Waals surface area (Å²) in [6, 6.07) is -0.189. The Bertz CT molecular complexity index is 352.